The van der Waals surface area contributed by atoms with Crippen molar-refractivity contribution in [1.82, 2.24) is 15.2 Å². The third-order valence-corrected chi connectivity index (χ3v) is 5.14. The molecule has 4 rings (SSSR count). The molecule has 6 nitrogen and oxygen atoms in total. The zero-order valence-electron chi connectivity index (χ0n) is 13.4. The summed E-state index contributed by atoms with van der Waals surface area (Å²) >= 11 is 5.96. The lowest BCUT2D eigenvalue weighted by atomic mass is 10.0. The lowest BCUT2D eigenvalue weighted by Crippen LogP contribution is -2.38. The molecule has 3 amide bonds. The summed E-state index contributed by atoms with van der Waals surface area (Å²) < 4.78 is 19.0. The molecule has 8 heteroatoms. The molecule has 2 aliphatic rings. The fourth-order valence-corrected chi connectivity index (χ4v) is 3.68. The van der Waals surface area contributed by atoms with Crippen LogP contribution in [-0.4, -0.2) is 47.1 Å². The number of nitrogens with one attached hydrogen (secondary N) is 2. The van der Waals surface area contributed by atoms with Gasteiger partial charge in [-0.15, -0.1) is 0 Å². The monoisotopic (exact) mass is 365 g/mol. The quantitative estimate of drug-likeness (QED) is 0.818. The first-order valence-electron chi connectivity index (χ1n) is 8.22. The van der Waals surface area contributed by atoms with Gasteiger partial charge in [0, 0.05) is 24.6 Å². The van der Waals surface area contributed by atoms with Crippen LogP contribution in [0.1, 0.15) is 18.4 Å². The number of carbonyl (C=O) groups excluding carboxylic acids is 2. The van der Waals surface area contributed by atoms with Gasteiger partial charge in [-0.25, -0.2) is 9.18 Å². The summed E-state index contributed by atoms with van der Waals surface area (Å²) in [5.41, 5.74) is 1.29. The van der Waals surface area contributed by atoms with Crippen LogP contribution in [0.5, 0.6) is 0 Å². The number of hydrogen-bond acceptors (Lipinski definition) is 3. The smallest absolute Gasteiger partial charge is 0.324 e. The van der Waals surface area contributed by atoms with Crippen LogP contribution in [0.15, 0.2) is 18.3 Å². The van der Waals surface area contributed by atoms with E-state index in [1.54, 1.807) is 12.3 Å². The topological polar surface area (TPSA) is 74.4 Å². The Morgan fingerprint density at radius 1 is 1.36 bits per heavy atom. The van der Waals surface area contributed by atoms with Crippen LogP contribution in [0, 0.1) is 5.82 Å². The Kier molecular flexibility index (Phi) is 4.13. The number of aromatic amines is 1. The highest BCUT2D eigenvalue weighted by atomic mass is 35.5. The van der Waals surface area contributed by atoms with Crippen LogP contribution in [-0.2, 0) is 16.0 Å². The van der Waals surface area contributed by atoms with Crippen molar-refractivity contribution in [3.8, 4) is 0 Å². The van der Waals surface area contributed by atoms with Gasteiger partial charge in [0.2, 0.25) is 0 Å². The maximum atomic E-state index is 13.5. The van der Waals surface area contributed by atoms with Crippen molar-refractivity contribution in [2.45, 2.75) is 31.4 Å². The number of halogens is 2. The first kappa shape index (κ1) is 16.4. The molecule has 0 radical (unpaired) electrons. The van der Waals surface area contributed by atoms with E-state index in [1.165, 1.54) is 11.0 Å². The average molecular weight is 366 g/mol. The first-order valence-corrected chi connectivity index (χ1v) is 8.60. The molecule has 3 heterocycles. The van der Waals surface area contributed by atoms with Crippen LogP contribution in [0.3, 0.4) is 0 Å². The summed E-state index contributed by atoms with van der Waals surface area (Å²) in [5, 5.41) is 3.48. The minimum Gasteiger partial charge on any atom is -0.376 e. The number of benzene rings is 1. The second-order valence-electron chi connectivity index (χ2n) is 6.39. The molecule has 0 saturated carbocycles. The number of ether oxygens (including phenoxy) is 1. The van der Waals surface area contributed by atoms with Crippen LogP contribution < -0.4 is 5.32 Å². The predicted octanol–water partition coefficient (Wildman–Crippen LogP) is 2.60. The third-order valence-electron chi connectivity index (χ3n) is 4.77. The largest absolute Gasteiger partial charge is 0.376 e. The van der Waals surface area contributed by atoms with E-state index in [-0.39, 0.29) is 23.6 Å². The van der Waals surface area contributed by atoms with Gasteiger partial charge in [-0.3, -0.25) is 9.69 Å². The zero-order chi connectivity index (χ0) is 17.6. The lowest BCUT2D eigenvalue weighted by molar-refractivity contribution is -0.128. The molecule has 0 aliphatic carbocycles. The molecule has 1 aromatic carbocycles. The van der Waals surface area contributed by atoms with Crippen molar-refractivity contribution >= 4 is 34.4 Å². The van der Waals surface area contributed by atoms with Crippen molar-refractivity contribution in [1.29, 1.82) is 0 Å². The number of carbonyl (C=O) groups is 2. The van der Waals surface area contributed by atoms with Crippen molar-refractivity contribution in [3.63, 3.8) is 0 Å². The third kappa shape index (κ3) is 2.87. The molecular formula is C17H17ClFN3O3. The minimum absolute atomic E-state index is 0.0190. The number of hydrogen-bond donors (Lipinski definition) is 2. The Morgan fingerprint density at radius 3 is 2.96 bits per heavy atom. The van der Waals surface area contributed by atoms with Crippen LogP contribution >= 0.6 is 11.6 Å². The standard InChI is InChI=1S/C17H17ClFN3O3/c18-14-12(19)4-3-11-9(7-20-15(11)14)6-13-16(23)22(17(24)21-13)8-10-2-1-5-25-10/h3-4,7,10,13,20H,1-2,5-6,8H2,(H,21,24)/t10?,13-/m0/s1. The average Bonchev–Trinajstić information content (AvgIpc) is 3.29. The number of rotatable bonds is 4. The van der Waals surface area contributed by atoms with Crippen molar-refractivity contribution in [3.05, 3.63) is 34.7 Å². The highest BCUT2D eigenvalue weighted by molar-refractivity contribution is 6.35. The van der Waals surface area contributed by atoms with Gasteiger partial charge in [0.25, 0.3) is 5.91 Å². The van der Waals surface area contributed by atoms with E-state index in [0.717, 1.165) is 23.8 Å². The van der Waals surface area contributed by atoms with Gasteiger partial charge < -0.3 is 15.0 Å². The van der Waals surface area contributed by atoms with Gasteiger partial charge in [0.05, 0.1) is 18.2 Å². The van der Waals surface area contributed by atoms with Crippen LogP contribution in [0.25, 0.3) is 10.9 Å². The van der Waals surface area contributed by atoms with E-state index >= 15 is 0 Å². The molecule has 0 spiro atoms. The number of H-pyrrole nitrogens is 1. The minimum atomic E-state index is -0.642. The van der Waals surface area contributed by atoms with Gasteiger partial charge in [-0.2, -0.15) is 0 Å². The van der Waals surface area contributed by atoms with Crippen LogP contribution in [0.4, 0.5) is 9.18 Å². The highest BCUT2D eigenvalue weighted by Gasteiger charge is 2.39. The maximum absolute atomic E-state index is 13.5. The molecule has 2 aliphatic heterocycles. The Morgan fingerprint density at radius 2 is 2.20 bits per heavy atom. The molecule has 132 valence electrons. The summed E-state index contributed by atoms with van der Waals surface area (Å²) in [6.07, 6.45) is 3.73. The van der Waals surface area contributed by atoms with E-state index in [1.807, 2.05) is 0 Å². The Bertz CT molecular complexity index is 847. The number of amides is 3. The summed E-state index contributed by atoms with van der Waals surface area (Å²) in [4.78, 5) is 28.9. The van der Waals surface area contributed by atoms with E-state index in [9.17, 15) is 14.0 Å². The van der Waals surface area contributed by atoms with Gasteiger partial charge in [-0.05, 0) is 30.5 Å². The van der Waals surface area contributed by atoms with E-state index in [2.05, 4.69) is 10.3 Å². The predicted molar refractivity (Wildman–Crippen MR) is 90.0 cm³/mol. The summed E-state index contributed by atoms with van der Waals surface area (Å²) in [5.74, 6) is -0.765. The molecule has 2 saturated heterocycles. The van der Waals surface area contributed by atoms with Gasteiger partial charge >= 0.3 is 6.03 Å². The fourth-order valence-electron chi connectivity index (χ4n) is 3.47. The van der Waals surface area contributed by atoms with E-state index < -0.39 is 17.9 Å². The molecule has 1 aromatic heterocycles. The molecular weight excluding hydrogens is 349 g/mol. The molecule has 2 N–H and O–H groups in total. The Hall–Kier alpha value is -2.12. The van der Waals surface area contributed by atoms with Crippen molar-refractivity contribution in [2.24, 2.45) is 0 Å². The molecule has 2 atom stereocenters. The number of imide groups is 1. The second kappa shape index (κ2) is 6.31. The Labute approximate surface area is 148 Å². The van der Waals surface area contributed by atoms with E-state index in [4.69, 9.17) is 16.3 Å². The fraction of sp³-hybridized carbons (Fsp3) is 0.412. The Balaban J connectivity index is 1.52. The summed E-state index contributed by atoms with van der Waals surface area (Å²) in [6.45, 7) is 0.955. The van der Waals surface area contributed by atoms with Gasteiger partial charge in [-0.1, -0.05) is 11.6 Å². The molecule has 2 fully saturated rings. The SMILES string of the molecule is O=C1N[C@@H](Cc2c[nH]c3c(Cl)c(F)ccc23)C(=O)N1CC1CCCO1. The normalized spacial score (nSPS) is 23.7. The van der Waals surface area contributed by atoms with E-state index in [0.29, 0.717) is 18.5 Å². The molecule has 1 unspecified atom stereocenters. The second-order valence-corrected chi connectivity index (χ2v) is 6.77. The zero-order valence-corrected chi connectivity index (χ0v) is 14.1. The van der Waals surface area contributed by atoms with Gasteiger partial charge in [0.15, 0.2) is 0 Å². The number of aromatic nitrogens is 1. The van der Waals surface area contributed by atoms with Crippen molar-refractivity contribution < 1.29 is 18.7 Å². The molecule has 2 aromatic rings. The molecule has 0 bridgehead atoms. The summed E-state index contributed by atoms with van der Waals surface area (Å²) in [6, 6.07) is 1.88. The summed E-state index contributed by atoms with van der Waals surface area (Å²) in [7, 11) is 0. The molecule has 25 heavy (non-hydrogen) atoms. The maximum Gasteiger partial charge on any atom is 0.324 e. The highest BCUT2D eigenvalue weighted by Crippen LogP contribution is 2.29. The van der Waals surface area contributed by atoms with Gasteiger partial charge in [0.1, 0.15) is 16.9 Å². The number of fused-ring (bicyclic) bond motifs is 1. The number of urea groups is 1. The lowest BCUT2D eigenvalue weighted by Gasteiger charge is -2.17. The van der Waals surface area contributed by atoms with Crippen LogP contribution in [0.2, 0.25) is 5.02 Å². The first-order chi connectivity index (χ1) is 12.0. The van der Waals surface area contributed by atoms with Crippen molar-refractivity contribution in [2.75, 3.05) is 13.2 Å². The number of nitrogens with zero attached hydrogens (tertiary/aromatic N) is 1.